The van der Waals surface area contributed by atoms with Gasteiger partial charge >= 0.3 is 12.0 Å². The molecule has 1 heterocycles. The van der Waals surface area contributed by atoms with E-state index in [9.17, 15) is 9.59 Å². The third kappa shape index (κ3) is 5.47. The van der Waals surface area contributed by atoms with Gasteiger partial charge in [-0.15, -0.1) is 0 Å². The first kappa shape index (κ1) is 17.1. The first-order valence-corrected chi connectivity index (χ1v) is 8.07. The molecule has 1 atom stereocenters. The molecule has 1 aromatic carbocycles. The summed E-state index contributed by atoms with van der Waals surface area (Å²) in [5, 5.41) is 11.6. The molecule has 0 spiro atoms. The first-order valence-electron chi connectivity index (χ1n) is 8.07. The monoisotopic (exact) mass is 319 g/mol. The van der Waals surface area contributed by atoms with E-state index in [1.54, 1.807) is 7.05 Å². The molecule has 1 aliphatic heterocycles. The minimum absolute atomic E-state index is 0.0326. The van der Waals surface area contributed by atoms with Gasteiger partial charge in [0.15, 0.2) is 0 Å². The number of benzene rings is 1. The number of aliphatic carboxylic acids is 1. The van der Waals surface area contributed by atoms with Crippen LogP contribution < -0.4 is 10.2 Å². The van der Waals surface area contributed by atoms with Crippen molar-refractivity contribution in [2.75, 3.05) is 38.1 Å². The maximum Gasteiger partial charge on any atom is 0.317 e. The lowest BCUT2D eigenvalue weighted by atomic mass is 9.97. The Kier molecular flexibility index (Phi) is 6.26. The summed E-state index contributed by atoms with van der Waals surface area (Å²) in [5.41, 5.74) is 1.22. The van der Waals surface area contributed by atoms with Gasteiger partial charge in [-0.3, -0.25) is 4.79 Å². The standard InChI is InChI=1S/C17H25N3O3/c1-19(11-9-16(21)22)17(23)18-12-14-6-5-10-20(13-14)15-7-3-2-4-8-15/h2-4,7-8,14H,5-6,9-13H2,1H3,(H,18,23)(H,21,22). The average Bonchev–Trinajstić information content (AvgIpc) is 2.58. The van der Waals surface area contributed by atoms with Crippen LogP contribution in [0.3, 0.4) is 0 Å². The summed E-state index contributed by atoms with van der Waals surface area (Å²) >= 11 is 0. The quantitative estimate of drug-likeness (QED) is 0.841. The number of anilines is 1. The lowest BCUT2D eigenvalue weighted by Gasteiger charge is -2.34. The third-order valence-electron chi connectivity index (χ3n) is 4.19. The van der Waals surface area contributed by atoms with Crippen LogP contribution in [0, 0.1) is 5.92 Å². The van der Waals surface area contributed by atoms with Crippen molar-refractivity contribution in [2.24, 2.45) is 5.92 Å². The molecule has 6 heteroatoms. The maximum atomic E-state index is 12.0. The average molecular weight is 319 g/mol. The van der Waals surface area contributed by atoms with Crippen molar-refractivity contribution in [3.63, 3.8) is 0 Å². The van der Waals surface area contributed by atoms with Crippen LogP contribution in [0.5, 0.6) is 0 Å². The fourth-order valence-electron chi connectivity index (χ4n) is 2.84. The van der Waals surface area contributed by atoms with E-state index in [0.717, 1.165) is 25.9 Å². The van der Waals surface area contributed by atoms with E-state index in [-0.39, 0.29) is 19.0 Å². The molecule has 0 bridgehead atoms. The molecule has 126 valence electrons. The normalized spacial score (nSPS) is 17.6. The summed E-state index contributed by atoms with van der Waals surface area (Å²) in [6.07, 6.45) is 2.18. The van der Waals surface area contributed by atoms with Gasteiger partial charge in [-0.2, -0.15) is 0 Å². The highest BCUT2D eigenvalue weighted by Crippen LogP contribution is 2.22. The molecule has 0 aromatic heterocycles. The van der Waals surface area contributed by atoms with Gasteiger partial charge in [0.2, 0.25) is 0 Å². The van der Waals surface area contributed by atoms with Gasteiger partial charge in [0.1, 0.15) is 0 Å². The van der Waals surface area contributed by atoms with E-state index in [4.69, 9.17) is 5.11 Å². The Balaban J connectivity index is 1.77. The predicted molar refractivity (Wildman–Crippen MR) is 89.7 cm³/mol. The smallest absolute Gasteiger partial charge is 0.317 e. The molecular formula is C17H25N3O3. The highest BCUT2D eigenvalue weighted by molar-refractivity contribution is 5.75. The molecule has 6 nitrogen and oxygen atoms in total. The van der Waals surface area contributed by atoms with Crippen LogP contribution in [-0.4, -0.2) is 55.2 Å². The summed E-state index contributed by atoms with van der Waals surface area (Å²) in [5.74, 6) is -0.476. The fourth-order valence-corrected chi connectivity index (χ4v) is 2.84. The van der Waals surface area contributed by atoms with Gasteiger partial charge < -0.3 is 20.2 Å². The Bertz CT molecular complexity index is 521. The van der Waals surface area contributed by atoms with E-state index in [1.807, 2.05) is 18.2 Å². The number of urea groups is 1. The van der Waals surface area contributed by atoms with Crippen molar-refractivity contribution in [3.8, 4) is 0 Å². The number of piperidine rings is 1. The largest absolute Gasteiger partial charge is 0.481 e. The van der Waals surface area contributed by atoms with Crippen molar-refractivity contribution in [1.82, 2.24) is 10.2 Å². The highest BCUT2D eigenvalue weighted by Gasteiger charge is 2.21. The number of hydrogen-bond acceptors (Lipinski definition) is 3. The molecule has 1 aromatic rings. The number of nitrogens with zero attached hydrogens (tertiary/aromatic N) is 2. The zero-order chi connectivity index (χ0) is 16.7. The van der Waals surface area contributed by atoms with Crippen molar-refractivity contribution in [1.29, 1.82) is 0 Å². The van der Waals surface area contributed by atoms with Crippen molar-refractivity contribution in [2.45, 2.75) is 19.3 Å². The number of hydrogen-bond donors (Lipinski definition) is 2. The van der Waals surface area contributed by atoms with Crippen LogP contribution in [0.1, 0.15) is 19.3 Å². The van der Waals surface area contributed by atoms with E-state index in [1.165, 1.54) is 10.6 Å². The molecule has 1 saturated heterocycles. The molecular weight excluding hydrogens is 294 g/mol. The molecule has 0 aliphatic carbocycles. The molecule has 2 rings (SSSR count). The van der Waals surface area contributed by atoms with Gasteiger partial charge in [-0.05, 0) is 30.9 Å². The first-order chi connectivity index (χ1) is 11.1. The Morgan fingerprint density at radius 1 is 1.35 bits per heavy atom. The summed E-state index contributed by atoms with van der Waals surface area (Å²) in [6.45, 7) is 2.83. The number of para-hydroxylation sites is 1. The van der Waals surface area contributed by atoms with Gasteiger partial charge in [0, 0.05) is 38.9 Å². The Hall–Kier alpha value is -2.24. The molecule has 23 heavy (non-hydrogen) atoms. The lowest BCUT2D eigenvalue weighted by Crippen LogP contribution is -2.44. The summed E-state index contributed by atoms with van der Waals surface area (Å²) in [4.78, 5) is 26.3. The molecule has 1 fully saturated rings. The Morgan fingerprint density at radius 3 is 2.78 bits per heavy atom. The van der Waals surface area contributed by atoms with E-state index in [0.29, 0.717) is 12.5 Å². The number of amides is 2. The number of rotatable bonds is 6. The van der Waals surface area contributed by atoms with Gasteiger partial charge in [0.05, 0.1) is 6.42 Å². The van der Waals surface area contributed by atoms with Crippen LogP contribution in [0.15, 0.2) is 30.3 Å². The van der Waals surface area contributed by atoms with Gasteiger partial charge in [0.25, 0.3) is 0 Å². The van der Waals surface area contributed by atoms with Gasteiger partial charge in [-0.1, -0.05) is 18.2 Å². The minimum Gasteiger partial charge on any atom is -0.481 e. The number of carboxylic acid groups (broad SMARTS) is 1. The molecule has 2 N–H and O–H groups in total. The van der Waals surface area contributed by atoms with E-state index in [2.05, 4.69) is 22.3 Å². The van der Waals surface area contributed by atoms with Crippen LogP contribution in [0.25, 0.3) is 0 Å². The molecule has 0 radical (unpaired) electrons. The number of carboxylic acids is 1. The zero-order valence-electron chi connectivity index (χ0n) is 13.6. The van der Waals surface area contributed by atoms with Crippen LogP contribution in [-0.2, 0) is 4.79 Å². The SMILES string of the molecule is CN(CCC(=O)O)C(=O)NCC1CCCN(c2ccccc2)C1. The van der Waals surface area contributed by atoms with Crippen molar-refractivity contribution >= 4 is 17.7 Å². The van der Waals surface area contributed by atoms with E-state index >= 15 is 0 Å². The summed E-state index contributed by atoms with van der Waals surface area (Å²) < 4.78 is 0. The topological polar surface area (TPSA) is 72.9 Å². The van der Waals surface area contributed by atoms with E-state index < -0.39 is 5.97 Å². The molecule has 0 saturated carbocycles. The molecule has 1 unspecified atom stereocenters. The van der Waals surface area contributed by atoms with Gasteiger partial charge in [-0.25, -0.2) is 4.79 Å². The molecule has 1 aliphatic rings. The Morgan fingerprint density at radius 2 is 2.09 bits per heavy atom. The second kappa shape index (κ2) is 8.41. The number of carbonyl (C=O) groups excluding carboxylic acids is 1. The minimum atomic E-state index is -0.893. The number of carbonyl (C=O) groups is 2. The zero-order valence-corrected chi connectivity index (χ0v) is 13.6. The fraction of sp³-hybridized carbons (Fsp3) is 0.529. The maximum absolute atomic E-state index is 12.0. The lowest BCUT2D eigenvalue weighted by molar-refractivity contribution is -0.137. The predicted octanol–water partition coefficient (Wildman–Crippen LogP) is 2.02. The molecule has 2 amide bonds. The number of nitrogens with one attached hydrogen (secondary N) is 1. The summed E-state index contributed by atoms with van der Waals surface area (Å²) in [6, 6.07) is 10.1. The van der Waals surface area contributed by atoms with Crippen LogP contribution in [0.4, 0.5) is 10.5 Å². The van der Waals surface area contributed by atoms with Crippen LogP contribution >= 0.6 is 0 Å². The second-order valence-corrected chi connectivity index (χ2v) is 6.04. The highest BCUT2D eigenvalue weighted by atomic mass is 16.4. The van der Waals surface area contributed by atoms with Crippen LogP contribution in [0.2, 0.25) is 0 Å². The summed E-state index contributed by atoms with van der Waals surface area (Å²) in [7, 11) is 1.62. The third-order valence-corrected chi connectivity index (χ3v) is 4.19. The van der Waals surface area contributed by atoms with Crippen molar-refractivity contribution < 1.29 is 14.7 Å². The second-order valence-electron chi connectivity index (χ2n) is 6.04. The van der Waals surface area contributed by atoms with Crippen molar-refractivity contribution in [3.05, 3.63) is 30.3 Å². The Labute approximate surface area is 137 Å².